The molecule has 1 amide bonds. The van der Waals surface area contributed by atoms with E-state index in [4.69, 9.17) is 4.74 Å². The van der Waals surface area contributed by atoms with E-state index in [0.717, 1.165) is 0 Å². The zero-order valence-corrected chi connectivity index (χ0v) is 14.1. The molecule has 0 unspecified atom stereocenters. The van der Waals surface area contributed by atoms with Crippen LogP contribution in [0.3, 0.4) is 0 Å². The molecule has 1 aliphatic heterocycles. The van der Waals surface area contributed by atoms with E-state index in [9.17, 15) is 14.4 Å². The first kappa shape index (κ1) is 16.9. The number of nitrogens with zero attached hydrogens (tertiary/aromatic N) is 1. The zero-order valence-electron chi connectivity index (χ0n) is 14.1. The Morgan fingerprint density at radius 1 is 1.04 bits per heavy atom. The van der Waals surface area contributed by atoms with Crippen molar-refractivity contribution in [2.45, 2.75) is 19.9 Å². The van der Waals surface area contributed by atoms with E-state index in [-0.39, 0.29) is 6.61 Å². The largest absolute Gasteiger partial charge is 0.465 e. The predicted octanol–water partition coefficient (Wildman–Crippen LogP) is 2.91. The van der Waals surface area contributed by atoms with Crippen LogP contribution < -0.4 is 4.90 Å². The van der Waals surface area contributed by atoms with E-state index in [1.807, 2.05) is 36.4 Å². The number of rotatable bonds is 4. The Hall–Kier alpha value is -2.95. The summed E-state index contributed by atoms with van der Waals surface area (Å²) in [6.45, 7) is 3.31. The van der Waals surface area contributed by atoms with Crippen molar-refractivity contribution in [1.82, 2.24) is 0 Å². The van der Waals surface area contributed by atoms with Gasteiger partial charge in [-0.25, -0.2) is 0 Å². The van der Waals surface area contributed by atoms with Gasteiger partial charge in [-0.3, -0.25) is 19.3 Å². The second-order valence-corrected chi connectivity index (χ2v) is 6.08. The number of Topliss-reactive ketones (excluding diaryl/α,β-unsaturated/α-hetero) is 1. The molecule has 1 heterocycles. The molecule has 1 saturated heterocycles. The van der Waals surface area contributed by atoms with Crippen molar-refractivity contribution in [3.63, 3.8) is 0 Å². The highest BCUT2D eigenvalue weighted by molar-refractivity contribution is 6.49. The third kappa shape index (κ3) is 2.61. The van der Waals surface area contributed by atoms with Gasteiger partial charge in [0.05, 0.1) is 12.6 Å². The number of para-hydroxylation sites is 1. The van der Waals surface area contributed by atoms with Gasteiger partial charge in [0.15, 0.2) is 5.41 Å². The Balaban J connectivity index is 2.20. The molecule has 25 heavy (non-hydrogen) atoms. The van der Waals surface area contributed by atoms with Gasteiger partial charge in [0.25, 0.3) is 5.91 Å². The summed E-state index contributed by atoms with van der Waals surface area (Å²) in [5, 5.41) is 0. The van der Waals surface area contributed by atoms with E-state index < -0.39 is 29.1 Å². The lowest BCUT2D eigenvalue weighted by molar-refractivity contribution is -0.159. The third-order valence-corrected chi connectivity index (χ3v) is 4.54. The number of benzene rings is 2. The Morgan fingerprint density at radius 3 is 2.16 bits per heavy atom. The van der Waals surface area contributed by atoms with Crippen molar-refractivity contribution in [3.8, 4) is 0 Å². The minimum Gasteiger partial charge on any atom is -0.465 e. The molecule has 128 valence electrons. The summed E-state index contributed by atoms with van der Waals surface area (Å²) in [7, 11) is 0. The molecule has 0 aromatic heterocycles. The van der Waals surface area contributed by atoms with E-state index in [1.165, 1.54) is 11.8 Å². The van der Waals surface area contributed by atoms with Gasteiger partial charge in [-0.05, 0) is 31.5 Å². The molecular weight excluding hydrogens is 318 g/mol. The van der Waals surface area contributed by atoms with Crippen LogP contribution in [0, 0.1) is 5.41 Å². The highest BCUT2D eigenvalue weighted by Crippen LogP contribution is 2.48. The average Bonchev–Trinajstić information content (AvgIpc) is 2.85. The van der Waals surface area contributed by atoms with Crippen LogP contribution in [-0.4, -0.2) is 24.3 Å². The monoisotopic (exact) mass is 337 g/mol. The fourth-order valence-corrected chi connectivity index (χ4v) is 3.29. The maximum atomic E-state index is 12.8. The Kier molecular flexibility index (Phi) is 4.40. The van der Waals surface area contributed by atoms with Crippen molar-refractivity contribution in [2.75, 3.05) is 11.5 Å². The number of ketones is 1. The smallest absolute Gasteiger partial charge is 0.322 e. The van der Waals surface area contributed by atoms with Crippen LogP contribution in [0.25, 0.3) is 0 Å². The molecule has 0 aliphatic carbocycles. The van der Waals surface area contributed by atoms with Crippen molar-refractivity contribution in [2.24, 2.45) is 5.41 Å². The molecule has 0 radical (unpaired) electrons. The van der Waals surface area contributed by atoms with Crippen LogP contribution in [0.15, 0.2) is 60.7 Å². The second-order valence-electron chi connectivity index (χ2n) is 6.08. The first-order valence-electron chi connectivity index (χ1n) is 8.17. The molecule has 1 aliphatic rings. The van der Waals surface area contributed by atoms with Gasteiger partial charge < -0.3 is 4.74 Å². The summed E-state index contributed by atoms with van der Waals surface area (Å²) >= 11 is 0. The van der Waals surface area contributed by atoms with E-state index in [2.05, 4.69) is 0 Å². The van der Waals surface area contributed by atoms with Crippen LogP contribution in [0.1, 0.15) is 25.5 Å². The molecule has 0 N–H and O–H groups in total. The molecule has 3 rings (SSSR count). The number of ether oxygens (including phenoxy) is 1. The van der Waals surface area contributed by atoms with Gasteiger partial charge >= 0.3 is 5.97 Å². The summed E-state index contributed by atoms with van der Waals surface area (Å²) in [6, 6.07) is 17.2. The lowest BCUT2D eigenvalue weighted by Gasteiger charge is -2.32. The summed E-state index contributed by atoms with van der Waals surface area (Å²) in [6.07, 6.45) is 0. The van der Waals surface area contributed by atoms with Gasteiger partial charge in [-0.15, -0.1) is 0 Å². The van der Waals surface area contributed by atoms with Gasteiger partial charge in [-0.1, -0.05) is 48.5 Å². The molecule has 0 bridgehead atoms. The molecule has 0 saturated carbocycles. The highest BCUT2D eigenvalue weighted by Gasteiger charge is 2.62. The number of anilines is 1. The summed E-state index contributed by atoms with van der Waals surface area (Å²) in [5.74, 6) is -2.13. The van der Waals surface area contributed by atoms with E-state index in [0.29, 0.717) is 11.3 Å². The van der Waals surface area contributed by atoms with Gasteiger partial charge in [0.2, 0.25) is 5.78 Å². The van der Waals surface area contributed by atoms with Gasteiger partial charge in [0.1, 0.15) is 0 Å². The number of hydrogen-bond acceptors (Lipinski definition) is 4. The van der Waals surface area contributed by atoms with Crippen molar-refractivity contribution in [1.29, 1.82) is 0 Å². The van der Waals surface area contributed by atoms with Crippen LogP contribution in [-0.2, 0) is 19.1 Å². The topological polar surface area (TPSA) is 63.7 Å². The molecule has 2 aromatic rings. The lowest BCUT2D eigenvalue weighted by atomic mass is 9.78. The van der Waals surface area contributed by atoms with Crippen LogP contribution in [0.4, 0.5) is 5.69 Å². The number of carbonyl (C=O) groups excluding carboxylic acids is 3. The van der Waals surface area contributed by atoms with Crippen LogP contribution in [0.5, 0.6) is 0 Å². The average molecular weight is 337 g/mol. The molecule has 1 fully saturated rings. The minimum atomic E-state index is -1.59. The standard InChI is InChI=1S/C20H19NO4/c1-3-25-19(24)20(2)16(14-10-6-4-7-11-14)21(18(23)17(20)22)15-12-8-5-9-13-15/h4-13,16H,3H2,1-2H3/t16-,20-/m0/s1. The van der Waals surface area contributed by atoms with Crippen LogP contribution in [0.2, 0.25) is 0 Å². The number of amides is 1. The van der Waals surface area contributed by atoms with E-state index in [1.54, 1.807) is 31.2 Å². The fraction of sp³-hybridized carbons (Fsp3) is 0.250. The first-order chi connectivity index (χ1) is 12.0. The molecule has 2 atom stereocenters. The van der Waals surface area contributed by atoms with Gasteiger partial charge in [-0.2, -0.15) is 0 Å². The summed E-state index contributed by atoms with van der Waals surface area (Å²) in [4.78, 5) is 39.7. The highest BCUT2D eigenvalue weighted by atomic mass is 16.5. The Bertz CT molecular complexity index is 803. The first-order valence-corrected chi connectivity index (χ1v) is 8.17. The third-order valence-electron chi connectivity index (χ3n) is 4.54. The summed E-state index contributed by atoms with van der Waals surface area (Å²) < 4.78 is 5.14. The van der Waals surface area contributed by atoms with E-state index >= 15 is 0 Å². The quantitative estimate of drug-likeness (QED) is 0.489. The Morgan fingerprint density at radius 2 is 1.60 bits per heavy atom. The number of carbonyl (C=O) groups is 3. The maximum absolute atomic E-state index is 12.8. The number of hydrogen-bond donors (Lipinski definition) is 0. The number of esters is 1. The maximum Gasteiger partial charge on any atom is 0.322 e. The second kappa shape index (κ2) is 6.51. The van der Waals surface area contributed by atoms with Crippen LogP contribution >= 0.6 is 0 Å². The SMILES string of the molecule is CCOC(=O)[C@]1(C)C(=O)C(=O)N(c2ccccc2)[C@H]1c1ccccc1. The molecule has 5 heteroatoms. The molecule has 5 nitrogen and oxygen atoms in total. The lowest BCUT2D eigenvalue weighted by Crippen LogP contribution is -2.40. The van der Waals surface area contributed by atoms with Crippen molar-refractivity contribution < 1.29 is 19.1 Å². The normalized spacial score (nSPS) is 23.0. The molecule has 2 aromatic carbocycles. The predicted molar refractivity (Wildman–Crippen MR) is 92.9 cm³/mol. The van der Waals surface area contributed by atoms with Gasteiger partial charge in [0, 0.05) is 5.69 Å². The van der Waals surface area contributed by atoms with Crippen molar-refractivity contribution >= 4 is 23.3 Å². The fourth-order valence-electron chi connectivity index (χ4n) is 3.29. The molecular formula is C20H19NO4. The van der Waals surface area contributed by atoms with Crippen molar-refractivity contribution in [3.05, 3.63) is 66.2 Å². The summed E-state index contributed by atoms with van der Waals surface area (Å²) in [5.41, 5.74) is -0.312. The zero-order chi connectivity index (χ0) is 18.0. The Labute approximate surface area is 146 Å². The minimum absolute atomic E-state index is 0.142. The molecule has 0 spiro atoms.